The highest BCUT2D eigenvalue weighted by Gasteiger charge is 2.15. The van der Waals surface area contributed by atoms with Crippen LogP contribution in [0.4, 0.5) is 0 Å². The molecule has 90 valence electrons. The van der Waals surface area contributed by atoms with Crippen LogP contribution in [0.2, 0.25) is 0 Å². The maximum atomic E-state index is 10.6. The minimum Gasteiger partial charge on any atom is -0.478 e. The molecule has 0 fully saturated rings. The van der Waals surface area contributed by atoms with Crippen LogP contribution in [0.25, 0.3) is 0 Å². The normalized spacial score (nSPS) is 9.94. The van der Waals surface area contributed by atoms with Crippen molar-refractivity contribution in [2.45, 2.75) is 0 Å². The maximum absolute atomic E-state index is 10.6. The Balaban J connectivity index is 0.00000106. The van der Waals surface area contributed by atoms with Gasteiger partial charge in [-0.3, -0.25) is 4.55 Å². The standard InChI is InChI=1S/C7H6O6S.CH4O/c8-7(9)5-3-1-2-4-6(5)13-14(10,11)12;1-2/h1-4H,(H,8,9)(H,10,11,12);2H,1H3. The molecule has 0 saturated heterocycles. The fourth-order valence-electron chi connectivity index (χ4n) is 0.829. The molecule has 0 unspecified atom stereocenters. The number of para-hydroxylation sites is 1. The van der Waals surface area contributed by atoms with Crippen LogP contribution in [-0.4, -0.2) is 36.3 Å². The highest BCUT2D eigenvalue weighted by atomic mass is 32.3. The summed E-state index contributed by atoms with van der Waals surface area (Å²) in [6.45, 7) is 0. The molecule has 0 amide bonds. The summed E-state index contributed by atoms with van der Waals surface area (Å²) in [7, 11) is -3.70. The van der Waals surface area contributed by atoms with Crippen molar-refractivity contribution in [1.82, 2.24) is 0 Å². The van der Waals surface area contributed by atoms with E-state index in [-0.39, 0.29) is 5.56 Å². The molecule has 0 radical (unpaired) electrons. The highest BCUT2D eigenvalue weighted by molar-refractivity contribution is 7.81. The lowest BCUT2D eigenvalue weighted by molar-refractivity contribution is 0.0695. The topological polar surface area (TPSA) is 121 Å². The number of carbonyl (C=O) groups is 1. The highest BCUT2D eigenvalue weighted by Crippen LogP contribution is 2.18. The Morgan fingerprint density at radius 2 is 1.75 bits per heavy atom. The molecule has 1 aromatic rings. The number of aliphatic hydroxyl groups excluding tert-OH is 1. The second-order valence-electron chi connectivity index (χ2n) is 2.31. The summed E-state index contributed by atoms with van der Waals surface area (Å²) in [5, 5.41) is 15.6. The maximum Gasteiger partial charge on any atom is 0.446 e. The number of benzene rings is 1. The molecule has 0 bridgehead atoms. The monoisotopic (exact) mass is 250 g/mol. The number of carboxylic acid groups (broad SMARTS) is 1. The fourth-order valence-corrected chi connectivity index (χ4v) is 1.20. The van der Waals surface area contributed by atoms with E-state index in [1.165, 1.54) is 12.1 Å². The van der Waals surface area contributed by atoms with E-state index in [2.05, 4.69) is 4.18 Å². The number of hydrogen-bond acceptors (Lipinski definition) is 5. The lowest BCUT2D eigenvalue weighted by atomic mass is 10.2. The van der Waals surface area contributed by atoms with Gasteiger partial charge in [-0.2, -0.15) is 8.42 Å². The van der Waals surface area contributed by atoms with Gasteiger partial charge in [0.1, 0.15) is 5.56 Å². The Morgan fingerprint density at radius 3 is 2.19 bits per heavy atom. The van der Waals surface area contributed by atoms with Crippen LogP contribution in [0.5, 0.6) is 5.75 Å². The number of aliphatic hydroxyl groups is 1. The van der Waals surface area contributed by atoms with Crippen LogP contribution in [0, 0.1) is 0 Å². The summed E-state index contributed by atoms with van der Waals surface area (Å²) in [5.41, 5.74) is -0.342. The summed E-state index contributed by atoms with van der Waals surface area (Å²) in [6.07, 6.45) is 0. The lowest BCUT2D eigenvalue weighted by Gasteiger charge is -2.03. The predicted molar refractivity (Wildman–Crippen MR) is 53.7 cm³/mol. The average Bonchev–Trinajstić information content (AvgIpc) is 2.19. The summed E-state index contributed by atoms with van der Waals surface area (Å²) in [5.74, 6) is -1.77. The first-order chi connectivity index (χ1) is 7.40. The third-order valence-electron chi connectivity index (χ3n) is 1.31. The molecule has 1 rings (SSSR count). The number of aromatic carboxylic acids is 1. The molecule has 0 saturated carbocycles. The van der Waals surface area contributed by atoms with Gasteiger partial charge in [0.05, 0.1) is 0 Å². The van der Waals surface area contributed by atoms with Crippen LogP contribution < -0.4 is 4.18 Å². The van der Waals surface area contributed by atoms with Gasteiger partial charge in [-0.05, 0) is 12.1 Å². The molecule has 0 atom stereocenters. The number of carboxylic acids is 1. The quantitative estimate of drug-likeness (QED) is 0.654. The summed E-state index contributed by atoms with van der Waals surface area (Å²) in [4.78, 5) is 10.6. The van der Waals surface area contributed by atoms with Gasteiger partial charge in [0.15, 0.2) is 5.75 Å². The third-order valence-corrected chi connectivity index (χ3v) is 1.70. The fraction of sp³-hybridized carbons (Fsp3) is 0.125. The number of hydrogen-bond donors (Lipinski definition) is 3. The second kappa shape index (κ2) is 6.05. The van der Waals surface area contributed by atoms with E-state index in [0.29, 0.717) is 0 Å². The van der Waals surface area contributed by atoms with E-state index in [4.69, 9.17) is 14.8 Å². The lowest BCUT2D eigenvalue weighted by Crippen LogP contribution is -2.10. The molecule has 0 aliphatic carbocycles. The minimum absolute atomic E-state index is 0.342. The van der Waals surface area contributed by atoms with E-state index in [1.54, 1.807) is 0 Å². The van der Waals surface area contributed by atoms with Crippen LogP contribution in [0.3, 0.4) is 0 Å². The molecule has 7 nitrogen and oxygen atoms in total. The van der Waals surface area contributed by atoms with Gasteiger partial charge in [-0.1, -0.05) is 12.1 Å². The van der Waals surface area contributed by atoms with Crippen molar-refractivity contribution in [3.8, 4) is 5.75 Å². The zero-order valence-corrected chi connectivity index (χ0v) is 9.01. The molecule has 1 aromatic carbocycles. The Labute approximate surface area is 91.9 Å². The van der Waals surface area contributed by atoms with Crippen molar-refractivity contribution in [2.24, 2.45) is 0 Å². The first-order valence-corrected chi connectivity index (χ1v) is 5.20. The Hall–Kier alpha value is -1.64. The van der Waals surface area contributed by atoms with Crippen molar-refractivity contribution < 1.29 is 32.2 Å². The van der Waals surface area contributed by atoms with E-state index in [9.17, 15) is 13.2 Å². The molecule has 0 aliphatic heterocycles. The predicted octanol–water partition coefficient (Wildman–Crippen LogP) is 0.175. The van der Waals surface area contributed by atoms with Gasteiger partial charge < -0.3 is 14.4 Å². The summed E-state index contributed by atoms with van der Waals surface area (Å²) >= 11 is 0. The molecule has 0 aromatic heterocycles. The van der Waals surface area contributed by atoms with Crippen molar-refractivity contribution in [3.63, 3.8) is 0 Å². The van der Waals surface area contributed by atoms with E-state index in [0.717, 1.165) is 19.2 Å². The number of rotatable bonds is 3. The van der Waals surface area contributed by atoms with Crippen molar-refractivity contribution in [3.05, 3.63) is 29.8 Å². The van der Waals surface area contributed by atoms with Gasteiger partial charge in [-0.25, -0.2) is 4.79 Å². The van der Waals surface area contributed by atoms with Gasteiger partial charge >= 0.3 is 16.4 Å². The van der Waals surface area contributed by atoms with Gasteiger partial charge in [-0.15, -0.1) is 0 Å². The average molecular weight is 250 g/mol. The molecule has 0 aliphatic rings. The van der Waals surface area contributed by atoms with Crippen molar-refractivity contribution >= 4 is 16.4 Å². The molecule has 0 heterocycles. The zero-order valence-electron chi connectivity index (χ0n) is 8.19. The summed E-state index contributed by atoms with van der Waals surface area (Å²) in [6, 6.07) is 5.06. The second-order valence-corrected chi connectivity index (χ2v) is 3.33. The van der Waals surface area contributed by atoms with Gasteiger partial charge in [0.25, 0.3) is 0 Å². The Morgan fingerprint density at radius 1 is 1.25 bits per heavy atom. The molecular weight excluding hydrogens is 240 g/mol. The first-order valence-electron chi connectivity index (χ1n) is 3.84. The van der Waals surface area contributed by atoms with E-state index >= 15 is 0 Å². The van der Waals surface area contributed by atoms with Crippen molar-refractivity contribution in [1.29, 1.82) is 0 Å². The first kappa shape index (κ1) is 14.4. The van der Waals surface area contributed by atoms with Gasteiger partial charge in [0, 0.05) is 7.11 Å². The SMILES string of the molecule is CO.O=C(O)c1ccccc1OS(=O)(=O)O. The van der Waals surface area contributed by atoms with Crippen LogP contribution in [0.15, 0.2) is 24.3 Å². The Kier molecular flexibility index (Phi) is 5.43. The minimum atomic E-state index is -4.70. The smallest absolute Gasteiger partial charge is 0.446 e. The molecule has 0 spiro atoms. The van der Waals surface area contributed by atoms with Crippen molar-refractivity contribution in [2.75, 3.05) is 7.11 Å². The molecule has 8 heteroatoms. The molecule has 3 N–H and O–H groups in total. The molecule has 16 heavy (non-hydrogen) atoms. The van der Waals surface area contributed by atoms with Crippen LogP contribution in [0.1, 0.15) is 10.4 Å². The zero-order chi connectivity index (χ0) is 12.8. The largest absolute Gasteiger partial charge is 0.478 e. The summed E-state index contributed by atoms with van der Waals surface area (Å²) < 4.78 is 33.0. The third kappa shape index (κ3) is 4.73. The Bertz CT molecular complexity index is 451. The molecular formula is C8H10O7S. The van der Waals surface area contributed by atoms with Gasteiger partial charge in [0.2, 0.25) is 0 Å². The van der Waals surface area contributed by atoms with E-state index < -0.39 is 22.1 Å². The van der Waals surface area contributed by atoms with E-state index in [1.807, 2.05) is 0 Å². The van der Waals surface area contributed by atoms with Crippen LogP contribution in [-0.2, 0) is 10.4 Å². The van der Waals surface area contributed by atoms with Crippen LogP contribution >= 0.6 is 0 Å².